The SMILES string of the molecule is CC(=O)Nc1ccc(NCC(C)(O)C(=O)Nc2ccc([N+](=O)[O-])c(C)c2)cc1. The lowest BCUT2D eigenvalue weighted by Gasteiger charge is -2.23. The molecule has 2 aromatic carbocycles. The van der Waals surface area contributed by atoms with Crippen molar-refractivity contribution in [1.82, 2.24) is 0 Å². The third kappa shape index (κ3) is 5.52. The molecule has 0 spiro atoms. The van der Waals surface area contributed by atoms with Crippen LogP contribution in [0.3, 0.4) is 0 Å². The summed E-state index contributed by atoms with van der Waals surface area (Å²) in [5.74, 6) is -0.829. The van der Waals surface area contributed by atoms with Gasteiger partial charge in [0.25, 0.3) is 11.6 Å². The minimum Gasteiger partial charge on any atom is -0.382 e. The summed E-state index contributed by atoms with van der Waals surface area (Å²) < 4.78 is 0. The number of amides is 2. The predicted molar refractivity (Wildman–Crippen MR) is 106 cm³/mol. The Hall–Kier alpha value is -3.46. The van der Waals surface area contributed by atoms with Gasteiger partial charge in [-0.2, -0.15) is 0 Å². The molecule has 0 fully saturated rings. The summed E-state index contributed by atoms with van der Waals surface area (Å²) in [5.41, 5.74) is 0.276. The number of carbonyl (C=O) groups is 2. The number of nitro benzene ring substituents is 1. The molecule has 9 nitrogen and oxygen atoms in total. The summed E-state index contributed by atoms with van der Waals surface area (Å²) in [4.78, 5) is 33.7. The van der Waals surface area contributed by atoms with Crippen molar-refractivity contribution < 1.29 is 19.6 Å². The maximum atomic E-state index is 12.4. The lowest BCUT2D eigenvalue weighted by molar-refractivity contribution is -0.385. The van der Waals surface area contributed by atoms with Crippen molar-refractivity contribution in [3.8, 4) is 0 Å². The highest BCUT2D eigenvalue weighted by Gasteiger charge is 2.30. The van der Waals surface area contributed by atoms with Gasteiger partial charge < -0.3 is 21.1 Å². The minimum atomic E-state index is -1.73. The van der Waals surface area contributed by atoms with Crippen LogP contribution in [0.25, 0.3) is 0 Å². The molecule has 0 aliphatic carbocycles. The molecular weight excluding hydrogens is 364 g/mol. The molecule has 1 atom stereocenters. The Labute approximate surface area is 161 Å². The Morgan fingerprint density at radius 2 is 1.64 bits per heavy atom. The molecule has 0 radical (unpaired) electrons. The first-order valence-corrected chi connectivity index (χ1v) is 8.49. The van der Waals surface area contributed by atoms with Gasteiger partial charge in [-0.15, -0.1) is 0 Å². The maximum Gasteiger partial charge on any atom is 0.272 e. The van der Waals surface area contributed by atoms with E-state index >= 15 is 0 Å². The van der Waals surface area contributed by atoms with Crippen molar-refractivity contribution in [3.05, 3.63) is 58.1 Å². The third-order valence-electron chi connectivity index (χ3n) is 3.98. The molecule has 148 valence electrons. The average molecular weight is 386 g/mol. The number of nitro groups is 1. The van der Waals surface area contributed by atoms with Crippen molar-refractivity contribution in [2.24, 2.45) is 0 Å². The topological polar surface area (TPSA) is 134 Å². The van der Waals surface area contributed by atoms with Crippen LogP contribution in [0.15, 0.2) is 42.5 Å². The van der Waals surface area contributed by atoms with Crippen LogP contribution in [0.4, 0.5) is 22.7 Å². The molecular formula is C19H22N4O5. The van der Waals surface area contributed by atoms with Crippen LogP contribution in [0.1, 0.15) is 19.4 Å². The zero-order valence-corrected chi connectivity index (χ0v) is 15.8. The van der Waals surface area contributed by atoms with E-state index in [-0.39, 0.29) is 18.1 Å². The Balaban J connectivity index is 1.98. The van der Waals surface area contributed by atoms with Gasteiger partial charge in [0.2, 0.25) is 5.91 Å². The predicted octanol–water partition coefficient (Wildman–Crippen LogP) is 2.66. The van der Waals surface area contributed by atoms with Crippen LogP contribution in [-0.2, 0) is 9.59 Å². The van der Waals surface area contributed by atoms with Gasteiger partial charge in [0.1, 0.15) is 0 Å². The molecule has 0 heterocycles. The number of aryl methyl sites for hydroxylation is 1. The number of hydrogen-bond acceptors (Lipinski definition) is 6. The zero-order valence-electron chi connectivity index (χ0n) is 15.8. The molecule has 2 aromatic rings. The van der Waals surface area contributed by atoms with E-state index in [1.807, 2.05) is 0 Å². The number of anilines is 3. The molecule has 0 saturated carbocycles. The number of carbonyl (C=O) groups excluding carboxylic acids is 2. The highest BCUT2D eigenvalue weighted by Crippen LogP contribution is 2.22. The first-order valence-electron chi connectivity index (χ1n) is 8.49. The zero-order chi connectivity index (χ0) is 20.9. The second-order valence-electron chi connectivity index (χ2n) is 6.60. The smallest absolute Gasteiger partial charge is 0.272 e. The minimum absolute atomic E-state index is 0.0471. The molecule has 9 heteroatoms. The van der Waals surface area contributed by atoms with E-state index < -0.39 is 16.4 Å². The van der Waals surface area contributed by atoms with Crippen LogP contribution in [0.5, 0.6) is 0 Å². The lowest BCUT2D eigenvalue weighted by atomic mass is 10.1. The summed E-state index contributed by atoms with van der Waals surface area (Å²) >= 11 is 0. The van der Waals surface area contributed by atoms with E-state index in [1.165, 1.54) is 32.0 Å². The third-order valence-corrected chi connectivity index (χ3v) is 3.98. The first-order chi connectivity index (χ1) is 13.1. The summed E-state index contributed by atoms with van der Waals surface area (Å²) in [6, 6.07) is 11.0. The Bertz CT molecular complexity index is 894. The van der Waals surface area contributed by atoms with Crippen LogP contribution in [0, 0.1) is 17.0 Å². The molecule has 2 amide bonds. The number of hydrogen-bond donors (Lipinski definition) is 4. The Morgan fingerprint density at radius 3 is 2.18 bits per heavy atom. The van der Waals surface area contributed by atoms with E-state index in [4.69, 9.17) is 0 Å². The molecule has 2 rings (SSSR count). The summed E-state index contributed by atoms with van der Waals surface area (Å²) in [5, 5.41) is 29.5. The van der Waals surface area contributed by atoms with E-state index in [2.05, 4.69) is 16.0 Å². The molecule has 0 aliphatic rings. The van der Waals surface area contributed by atoms with Crippen LogP contribution < -0.4 is 16.0 Å². The second kappa shape index (κ2) is 8.49. The Morgan fingerprint density at radius 1 is 1.07 bits per heavy atom. The van der Waals surface area contributed by atoms with Gasteiger partial charge in [-0.05, 0) is 50.2 Å². The average Bonchev–Trinajstić information content (AvgIpc) is 2.60. The fraction of sp³-hybridized carbons (Fsp3) is 0.263. The normalized spacial score (nSPS) is 12.6. The van der Waals surface area contributed by atoms with Crippen LogP contribution in [0.2, 0.25) is 0 Å². The first kappa shape index (κ1) is 20.8. The van der Waals surface area contributed by atoms with E-state index in [1.54, 1.807) is 31.2 Å². The molecule has 0 bridgehead atoms. The number of benzene rings is 2. The largest absolute Gasteiger partial charge is 0.382 e. The van der Waals surface area contributed by atoms with Gasteiger partial charge >= 0.3 is 0 Å². The highest BCUT2D eigenvalue weighted by molar-refractivity contribution is 5.97. The number of rotatable bonds is 7. The fourth-order valence-electron chi connectivity index (χ4n) is 2.43. The van der Waals surface area contributed by atoms with E-state index in [0.717, 1.165) is 0 Å². The second-order valence-corrected chi connectivity index (χ2v) is 6.60. The summed E-state index contributed by atoms with van der Waals surface area (Å²) in [7, 11) is 0. The van der Waals surface area contributed by atoms with Crippen molar-refractivity contribution in [3.63, 3.8) is 0 Å². The van der Waals surface area contributed by atoms with Gasteiger partial charge in [0, 0.05) is 35.6 Å². The molecule has 1 unspecified atom stereocenters. The van der Waals surface area contributed by atoms with Crippen molar-refractivity contribution in [2.75, 3.05) is 22.5 Å². The molecule has 0 saturated heterocycles. The fourth-order valence-corrected chi connectivity index (χ4v) is 2.43. The van der Waals surface area contributed by atoms with Gasteiger partial charge in [-0.1, -0.05) is 0 Å². The quantitative estimate of drug-likeness (QED) is 0.427. The van der Waals surface area contributed by atoms with Crippen molar-refractivity contribution >= 4 is 34.6 Å². The Kier molecular flexibility index (Phi) is 6.32. The van der Waals surface area contributed by atoms with E-state index in [9.17, 15) is 24.8 Å². The van der Waals surface area contributed by atoms with Gasteiger partial charge in [-0.3, -0.25) is 19.7 Å². The number of nitrogens with zero attached hydrogens (tertiary/aromatic N) is 1. The lowest BCUT2D eigenvalue weighted by Crippen LogP contribution is -2.45. The van der Waals surface area contributed by atoms with Crippen LogP contribution >= 0.6 is 0 Å². The van der Waals surface area contributed by atoms with Crippen LogP contribution in [-0.4, -0.2) is 34.0 Å². The standard InChI is InChI=1S/C19H22N4O5/c1-12-10-16(8-9-17(12)23(27)28)22-18(25)19(3,26)11-20-14-4-6-15(7-5-14)21-13(2)24/h4-10,20,26H,11H2,1-3H3,(H,21,24)(H,22,25). The summed E-state index contributed by atoms with van der Waals surface area (Å²) in [6.07, 6.45) is 0. The van der Waals surface area contributed by atoms with Crippen molar-refractivity contribution in [1.29, 1.82) is 0 Å². The van der Waals surface area contributed by atoms with E-state index in [0.29, 0.717) is 22.6 Å². The van der Waals surface area contributed by atoms with Gasteiger partial charge in [0.05, 0.1) is 11.5 Å². The summed E-state index contributed by atoms with van der Waals surface area (Å²) in [6.45, 7) is 4.27. The molecule has 4 N–H and O–H groups in total. The van der Waals surface area contributed by atoms with Crippen molar-refractivity contribution in [2.45, 2.75) is 26.4 Å². The molecule has 0 aliphatic heterocycles. The maximum absolute atomic E-state index is 12.4. The monoisotopic (exact) mass is 386 g/mol. The number of aliphatic hydroxyl groups is 1. The van der Waals surface area contributed by atoms with Gasteiger partial charge in [-0.25, -0.2) is 0 Å². The highest BCUT2D eigenvalue weighted by atomic mass is 16.6. The molecule has 28 heavy (non-hydrogen) atoms. The molecule has 0 aromatic heterocycles. The number of nitrogens with one attached hydrogen (secondary N) is 3. The van der Waals surface area contributed by atoms with Gasteiger partial charge in [0.15, 0.2) is 5.60 Å².